The van der Waals surface area contributed by atoms with Crippen LogP contribution in [-0.2, 0) is 6.42 Å². The van der Waals surface area contributed by atoms with Crippen molar-refractivity contribution in [3.8, 4) is 0 Å². The largest absolute Gasteiger partial charge is 0.322 e. The summed E-state index contributed by atoms with van der Waals surface area (Å²) in [5, 5.41) is 2.93. The van der Waals surface area contributed by atoms with Gasteiger partial charge in [-0.05, 0) is 55.2 Å². The first kappa shape index (κ1) is 16.1. The molecule has 0 aromatic heterocycles. The molecule has 0 bridgehead atoms. The van der Waals surface area contributed by atoms with Crippen LogP contribution in [0.2, 0.25) is 0 Å². The van der Waals surface area contributed by atoms with Gasteiger partial charge in [-0.15, -0.1) is 11.6 Å². The molecular weight excluding hydrogens is 350 g/mol. The second-order valence-electron chi connectivity index (χ2n) is 4.91. The molecule has 0 unspecified atom stereocenters. The Kier molecular flexibility index (Phi) is 5.83. The number of alkyl halides is 1. The topological polar surface area (TPSA) is 29.1 Å². The number of halogens is 2. The van der Waals surface area contributed by atoms with Gasteiger partial charge in [0.05, 0.1) is 0 Å². The molecular formula is C17H17BrClNO. The van der Waals surface area contributed by atoms with Crippen LogP contribution < -0.4 is 5.32 Å². The van der Waals surface area contributed by atoms with Crippen molar-refractivity contribution in [2.45, 2.75) is 19.8 Å². The maximum atomic E-state index is 12.2. The van der Waals surface area contributed by atoms with E-state index in [-0.39, 0.29) is 5.91 Å². The minimum absolute atomic E-state index is 0.106. The molecule has 2 nitrogen and oxygen atoms in total. The average molecular weight is 367 g/mol. The molecule has 2 rings (SSSR count). The second-order valence-corrected chi connectivity index (χ2v) is 6.14. The van der Waals surface area contributed by atoms with E-state index in [1.54, 1.807) is 0 Å². The molecule has 0 atom stereocenters. The third kappa shape index (κ3) is 4.58. The normalized spacial score (nSPS) is 10.4. The minimum Gasteiger partial charge on any atom is -0.322 e. The maximum Gasteiger partial charge on any atom is 0.255 e. The fourth-order valence-corrected chi connectivity index (χ4v) is 2.53. The van der Waals surface area contributed by atoms with Crippen LogP contribution in [0.1, 0.15) is 27.9 Å². The van der Waals surface area contributed by atoms with E-state index in [1.807, 2.05) is 49.4 Å². The molecule has 0 aliphatic heterocycles. The Morgan fingerprint density at radius 3 is 2.76 bits per heavy atom. The number of benzene rings is 2. The summed E-state index contributed by atoms with van der Waals surface area (Å²) in [5.41, 5.74) is 3.73. The molecule has 4 heteroatoms. The monoisotopic (exact) mass is 365 g/mol. The SMILES string of the molecule is Cc1ccc(C(=O)Nc2cccc(CCCCl)c2)cc1Br. The highest BCUT2D eigenvalue weighted by Gasteiger charge is 2.08. The summed E-state index contributed by atoms with van der Waals surface area (Å²) in [4.78, 5) is 12.2. The van der Waals surface area contributed by atoms with E-state index in [2.05, 4.69) is 21.2 Å². The van der Waals surface area contributed by atoms with Gasteiger partial charge in [0.2, 0.25) is 0 Å². The van der Waals surface area contributed by atoms with Crippen molar-refractivity contribution < 1.29 is 4.79 Å². The van der Waals surface area contributed by atoms with Gasteiger partial charge in [-0.1, -0.05) is 34.1 Å². The van der Waals surface area contributed by atoms with Gasteiger partial charge in [-0.2, -0.15) is 0 Å². The van der Waals surface area contributed by atoms with Crippen LogP contribution >= 0.6 is 27.5 Å². The van der Waals surface area contributed by atoms with Crippen LogP contribution in [0.25, 0.3) is 0 Å². The van der Waals surface area contributed by atoms with Gasteiger partial charge in [-0.25, -0.2) is 0 Å². The van der Waals surface area contributed by atoms with Gasteiger partial charge >= 0.3 is 0 Å². The maximum absolute atomic E-state index is 12.2. The number of hydrogen-bond donors (Lipinski definition) is 1. The lowest BCUT2D eigenvalue weighted by molar-refractivity contribution is 0.102. The van der Waals surface area contributed by atoms with E-state index < -0.39 is 0 Å². The van der Waals surface area contributed by atoms with E-state index >= 15 is 0 Å². The standard InChI is InChI=1S/C17H17BrClNO/c1-12-7-8-14(11-16(12)18)17(21)20-15-6-2-4-13(10-15)5-3-9-19/h2,4,6-8,10-11H,3,5,9H2,1H3,(H,20,21). The van der Waals surface area contributed by atoms with Crippen molar-refractivity contribution in [1.29, 1.82) is 0 Å². The molecule has 0 heterocycles. The van der Waals surface area contributed by atoms with Crippen molar-refractivity contribution in [2.75, 3.05) is 11.2 Å². The smallest absolute Gasteiger partial charge is 0.255 e. The van der Waals surface area contributed by atoms with Gasteiger partial charge in [0.15, 0.2) is 0 Å². The Morgan fingerprint density at radius 1 is 1.24 bits per heavy atom. The van der Waals surface area contributed by atoms with E-state index in [9.17, 15) is 4.79 Å². The molecule has 0 aliphatic rings. The van der Waals surface area contributed by atoms with E-state index in [0.717, 1.165) is 28.6 Å². The Morgan fingerprint density at radius 2 is 2.05 bits per heavy atom. The van der Waals surface area contributed by atoms with E-state index in [1.165, 1.54) is 5.56 Å². The molecule has 0 saturated heterocycles. The zero-order valence-electron chi connectivity index (χ0n) is 11.8. The molecule has 0 saturated carbocycles. The van der Waals surface area contributed by atoms with Crippen molar-refractivity contribution in [3.05, 3.63) is 63.6 Å². The zero-order valence-corrected chi connectivity index (χ0v) is 14.2. The Hall–Kier alpha value is -1.32. The predicted molar refractivity (Wildman–Crippen MR) is 92.3 cm³/mol. The molecule has 0 aliphatic carbocycles. The summed E-state index contributed by atoms with van der Waals surface area (Å²) < 4.78 is 0.936. The number of rotatable bonds is 5. The number of anilines is 1. The van der Waals surface area contributed by atoms with Crippen LogP contribution in [0.4, 0.5) is 5.69 Å². The fourth-order valence-electron chi connectivity index (χ4n) is 2.01. The summed E-state index contributed by atoms with van der Waals surface area (Å²) in [7, 11) is 0. The Labute approximate surface area is 138 Å². The lowest BCUT2D eigenvalue weighted by atomic mass is 10.1. The molecule has 110 valence electrons. The summed E-state index contributed by atoms with van der Waals surface area (Å²) in [6.07, 6.45) is 1.85. The van der Waals surface area contributed by atoms with Crippen LogP contribution in [0.5, 0.6) is 0 Å². The Balaban J connectivity index is 2.10. The number of carbonyl (C=O) groups is 1. The molecule has 21 heavy (non-hydrogen) atoms. The highest BCUT2D eigenvalue weighted by molar-refractivity contribution is 9.10. The molecule has 2 aromatic rings. The molecule has 2 aromatic carbocycles. The predicted octanol–water partition coefficient (Wildman–Crippen LogP) is 5.18. The van der Waals surface area contributed by atoms with E-state index in [0.29, 0.717) is 11.4 Å². The molecule has 1 amide bonds. The first-order valence-electron chi connectivity index (χ1n) is 6.82. The van der Waals surface area contributed by atoms with Crippen LogP contribution in [0, 0.1) is 6.92 Å². The van der Waals surface area contributed by atoms with Crippen molar-refractivity contribution in [3.63, 3.8) is 0 Å². The van der Waals surface area contributed by atoms with Crippen LogP contribution in [0.3, 0.4) is 0 Å². The highest BCUT2D eigenvalue weighted by Crippen LogP contribution is 2.19. The number of amides is 1. The average Bonchev–Trinajstić information content (AvgIpc) is 2.48. The van der Waals surface area contributed by atoms with Gasteiger partial charge in [0.1, 0.15) is 0 Å². The van der Waals surface area contributed by atoms with Gasteiger partial charge < -0.3 is 5.32 Å². The van der Waals surface area contributed by atoms with Gasteiger partial charge in [-0.3, -0.25) is 4.79 Å². The van der Waals surface area contributed by atoms with Crippen molar-refractivity contribution in [2.24, 2.45) is 0 Å². The zero-order chi connectivity index (χ0) is 15.2. The highest BCUT2D eigenvalue weighted by atomic mass is 79.9. The van der Waals surface area contributed by atoms with Crippen LogP contribution in [0.15, 0.2) is 46.9 Å². The summed E-state index contributed by atoms with van der Waals surface area (Å²) >= 11 is 9.16. The number of aryl methyl sites for hydroxylation is 2. The van der Waals surface area contributed by atoms with Gasteiger partial charge in [0.25, 0.3) is 5.91 Å². The number of hydrogen-bond acceptors (Lipinski definition) is 1. The van der Waals surface area contributed by atoms with E-state index in [4.69, 9.17) is 11.6 Å². The lowest BCUT2D eigenvalue weighted by Gasteiger charge is -2.08. The summed E-state index contributed by atoms with van der Waals surface area (Å²) in [6.45, 7) is 1.99. The van der Waals surface area contributed by atoms with Crippen LogP contribution in [-0.4, -0.2) is 11.8 Å². The first-order valence-corrected chi connectivity index (χ1v) is 8.15. The first-order chi connectivity index (χ1) is 10.1. The third-order valence-electron chi connectivity index (χ3n) is 3.22. The molecule has 0 spiro atoms. The van der Waals surface area contributed by atoms with Crippen molar-refractivity contribution in [1.82, 2.24) is 0 Å². The quantitative estimate of drug-likeness (QED) is 0.726. The summed E-state index contributed by atoms with van der Waals surface area (Å²) in [5.74, 6) is 0.541. The number of nitrogens with one attached hydrogen (secondary N) is 1. The molecule has 0 radical (unpaired) electrons. The Bertz CT molecular complexity index is 642. The third-order valence-corrected chi connectivity index (χ3v) is 4.34. The van der Waals surface area contributed by atoms with Gasteiger partial charge in [0, 0.05) is 21.6 Å². The second kappa shape index (κ2) is 7.62. The lowest BCUT2D eigenvalue weighted by Crippen LogP contribution is -2.12. The molecule has 1 N–H and O–H groups in total. The van der Waals surface area contributed by atoms with Crippen molar-refractivity contribution >= 4 is 39.1 Å². The minimum atomic E-state index is -0.106. The molecule has 0 fully saturated rings. The fraction of sp³-hybridized carbons (Fsp3) is 0.235. The summed E-state index contributed by atoms with van der Waals surface area (Å²) in [6, 6.07) is 13.5. The number of carbonyl (C=O) groups excluding carboxylic acids is 1.